The van der Waals surface area contributed by atoms with Gasteiger partial charge in [0.05, 0.1) is 5.92 Å². The first-order valence-corrected chi connectivity index (χ1v) is 10.3. The normalized spacial score (nSPS) is 17.0. The molecular formula is C26H26FNO. The number of anilines is 1. The zero-order valence-corrected chi connectivity index (χ0v) is 16.9. The maximum absolute atomic E-state index is 13.2. The van der Waals surface area contributed by atoms with Crippen LogP contribution in [0.5, 0.6) is 0 Å². The van der Waals surface area contributed by atoms with E-state index in [1.54, 1.807) is 12.1 Å². The standard InChI is InChI=1S/C26H26FNO/c1-3-18-5-9-20(10-6-18)26(21-11-7-19(4-2)8-12-21)17-24(26)25(29)28-23-15-13-22(27)14-16-23/h5-16,24H,3-4,17H2,1-2H3,(H,28,29)/t24-/m1/s1. The largest absolute Gasteiger partial charge is 0.326 e. The summed E-state index contributed by atoms with van der Waals surface area (Å²) in [7, 11) is 0. The van der Waals surface area contributed by atoms with Crippen LogP contribution in [0.2, 0.25) is 0 Å². The van der Waals surface area contributed by atoms with Crippen molar-refractivity contribution in [3.8, 4) is 0 Å². The third-order valence-electron chi connectivity index (χ3n) is 6.14. The summed E-state index contributed by atoms with van der Waals surface area (Å²) in [5, 5.41) is 2.96. The molecule has 3 heteroatoms. The summed E-state index contributed by atoms with van der Waals surface area (Å²) in [5.74, 6) is -0.473. The van der Waals surface area contributed by atoms with E-state index in [2.05, 4.69) is 67.7 Å². The number of aryl methyl sites for hydroxylation is 2. The first-order valence-electron chi connectivity index (χ1n) is 10.3. The maximum atomic E-state index is 13.2. The van der Waals surface area contributed by atoms with Gasteiger partial charge in [-0.1, -0.05) is 62.4 Å². The highest BCUT2D eigenvalue weighted by Gasteiger charge is 2.60. The molecule has 1 aliphatic rings. The van der Waals surface area contributed by atoms with Crippen LogP contribution in [0.3, 0.4) is 0 Å². The van der Waals surface area contributed by atoms with Crippen LogP contribution < -0.4 is 5.32 Å². The first-order chi connectivity index (χ1) is 14.1. The van der Waals surface area contributed by atoms with E-state index in [9.17, 15) is 9.18 Å². The average Bonchev–Trinajstić information content (AvgIpc) is 3.53. The third-order valence-corrected chi connectivity index (χ3v) is 6.14. The minimum absolute atomic E-state index is 0.0178. The lowest BCUT2D eigenvalue weighted by Crippen LogP contribution is -2.22. The van der Waals surface area contributed by atoms with E-state index < -0.39 is 0 Å². The molecule has 148 valence electrons. The monoisotopic (exact) mass is 387 g/mol. The topological polar surface area (TPSA) is 29.1 Å². The lowest BCUT2D eigenvalue weighted by molar-refractivity contribution is -0.117. The Bertz CT molecular complexity index is 943. The van der Waals surface area contributed by atoms with Gasteiger partial charge in [0.15, 0.2) is 0 Å². The molecule has 29 heavy (non-hydrogen) atoms. The van der Waals surface area contributed by atoms with Crippen LogP contribution in [0.25, 0.3) is 0 Å². The highest BCUT2D eigenvalue weighted by molar-refractivity contribution is 5.97. The molecule has 0 unspecified atom stereocenters. The summed E-state index contributed by atoms with van der Waals surface area (Å²) in [5.41, 5.74) is 5.26. The molecule has 1 fully saturated rings. The second-order valence-corrected chi connectivity index (χ2v) is 7.83. The Kier molecular flexibility index (Phi) is 5.23. The van der Waals surface area contributed by atoms with Gasteiger partial charge in [0.25, 0.3) is 0 Å². The van der Waals surface area contributed by atoms with Crippen molar-refractivity contribution < 1.29 is 9.18 Å². The number of carbonyl (C=O) groups is 1. The molecule has 1 amide bonds. The molecule has 1 N–H and O–H groups in total. The highest BCUT2D eigenvalue weighted by Crippen LogP contribution is 2.59. The molecule has 0 heterocycles. The molecular weight excluding hydrogens is 361 g/mol. The fourth-order valence-corrected chi connectivity index (χ4v) is 4.22. The van der Waals surface area contributed by atoms with Crippen LogP contribution in [-0.2, 0) is 23.1 Å². The van der Waals surface area contributed by atoms with E-state index in [4.69, 9.17) is 0 Å². The lowest BCUT2D eigenvalue weighted by Gasteiger charge is -2.20. The van der Waals surface area contributed by atoms with E-state index >= 15 is 0 Å². The number of rotatable bonds is 6. The summed E-state index contributed by atoms with van der Waals surface area (Å²) in [6.07, 6.45) is 2.76. The first kappa shape index (κ1) is 19.4. The number of hydrogen-bond acceptors (Lipinski definition) is 1. The van der Waals surface area contributed by atoms with Crippen molar-refractivity contribution in [2.75, 3.05) is 5.32 Å². The average molecular weight is 387 g/mol. The van der Waals surface area contributed by atoms with Crippen molar-refractivity contribution in [1.82, 2.24) is 0 Å². The van der Waals surface area contributed by atoms with Gasteiger partial charge in [0.1, 0.15) is 5.82 Å². The number of hydrogen-bond donors (Lipinski definition) is 1. The predicted molar refractivity (Wildman–Crippen MR) is 116 cm³/mol. The van der Waals surface area contributed by atoms with E-state index in [-0.39, 0.29) is 23.1 Å². The molecule has 1 atom stereocenters. The van der Waals surface area contributed by atoms with E-state index in [1.807, 2.05) is 0 Å². The summed E-state index contributed by atoms with van der Waals surface area (Å²) in [4.78, 5) is 13.1. The zero-order chi connectivity index (χ0) is 20.4. The second kappa shape index (κ2) is 7.82. The molecule has 0 aliphatic heterocycles. The number of carbonyl (C=O) groups excluding carboxylic acids is 1. The molecule has 0 aromatic heterocycles. The third kappa shape index (κ3) is 3.69. The Balaban J connectivity index is 1.66. The van der Waals surface area contributed by atoms with Crippen molar-refractivity contribution in [1.29, 1.82) is 0 Å². The van der Waals surface area contributed by atoms with Crippen molar-refractivity contribution in [3.63, 3.8) is 0 Å². The molecule has 3 aromatic rings. The molecule has 2 nitrogen and oxygen atoms in total. The van der Waals surface area contributed by atoms with Gasteiger partial charge in [-0.15, -0.1) is 0 Å². The van der Waals surface area contributed by atoms with Crippen LogP contribution in [0, 0.1) is 11.7 Å². The van der Waals surface area contributed by atoms with Gasteiger partial charge < -0.3 is 5.32 Å². The smallest absolute Gasteiger partial charge is 0.228 e. The highest BCUT2D eigenvalue weighted by atomic mass is 19.1. The number of nitrogens with one attached hydrogen (secondary N) is 1. The number of amides is 1. The van der Waals surface area contributed by atoms with E-state index in [0.29, 0.717) is 5.69 Å². The van der Waals surface area contributed by atoms with Crippen LogP contribution in [0.15, 0.2) is 72.8 Å². The minimum atomic E-state index is -0.309. The molecule has 1 saturated carbocycles. The number of halogens is 1. The fourth-order valence-electron chi connectivity index (χ4n) is 4.22. The van der Waals surface area contributed by atoms with Gasteiger partial charge in [0.2, 0.25) is 5.91 Å². The molecule has 4 rings (SSSR count). The summed E-state index contributed by atoms with van der Waals surface area (Å²) in [6, 6.07) is 23.2. The van der Waals surface area contributed by atoms with Crippen molar-refractivity contribution in [3.05, 3.63) is 101 Å². The van der Waals surface area contributed by atoms with Crippen LogP contribution in [0.4, 0.5) is 10.1 Å². The Hall–Kier alpha value is -2.94. The molecule has 1 aliphatic carbocycles. The van der Waals surface area contributed by atoms with E-state index in [0.717, 1.165) is 19.3 Å². The quantitative estimate of drug-likeness (QED) is 0.561. The Morgan fingerprint density at radius 2 is 1.34 bits per heavy atom. The lowest BCUT2D eigenvalue weighted by atomic mass is 9.84. The SMILES string of the molecule is CCc1ccc(C2(c3ccc(CC)cc3)C[C@@H]2C(=O)Nc2ccc(F)cc2)cc1. The van der Waals surface area contributed by atoms with Gasteiger partial charge in [0, 0.05) is 11.1 Å². The van der Waals surface area contributed by atoms with Crippen molar-refractivity contribution in [2.45, 2.75) is 38.5 Å². The molecule has 0 spiro atoms. The minimum Gasteiger partial charge on any atom is -0.326 e. The predicted octanol–water partition coefficient (Wildman–Crippen LogP) is 5.90. The second-order valence-electron chi connectivity index (χ2n) is 7.83. The molecule has 0 saturated heterocycles. The summed E-state index contributed by atoms with van der Waals surface area (Å²) in [6.45, 7) is 4.29. The van der Waals surface area contributed by atoms with Gasteiger partial charge in [-0.05, 0) is 65.8 Å². The molecule has 0 bridgehead atoms. The fraction of sp³-hybridized carbons (Fsp3) is 0.269. The molecule has 0 radical (unpaired) electrons. The number of benzene rings is 3. The summed E-state index contributed by atoms with van der Waals surface area (Å²) < 4.78 is 13.2. The van der Waals surface area contributed by atoms with Gasteiger partial charge in [-0.3, -0.25) is 4.79 Å². The Morgan fingerprint density at radius 1 is 0.862 bits per heavy atom. The van der Waals surface area contributed by atoms with Crippen LogP contribution in [0.1, 0.15) is 42.5 Å². The summed E-state index contributed by atoms with van der Waals surface area (Å²) >= 11 is 0. The maximum Gasteiger partial charge on any atom is 0.228 e. The Labute approximate surface area is 171 Å². The van der Waals surface area contributed by atoms with Gasteiger partial charge in [-0.25, -0.2) is 4.39 Å². The zero-order valence-electron chi connectivity index (χ0n) is 16.9. The van der Waals surface area contributed by atoms with Crippen LogP contribution in [-0.4, -0.2) is 5.91 Å². The Morgan fingerprint density at radius 3 is 1.79 bits per heavy atom. The van der Waals surface area contributed by atoms with Crippen molar-refractivity contribution in [2.24, 2.45) is 5.92 Å². The van der Waals surface area contributed by atoms with Gasteiger partial charge >= 0.3 is 0 Å². The van der Waals surface area contributed by atoms with Crippen LogP contribution >= 0.6 is 0 Å². The van der Waals surface area contributed by atoms with Crippen molar-refractivity contribution >= 4 is 11.6 Å². The van der Waals surface area contributed by atoms with E-state index in [1.165, 1.54) is 34.4 Å². The van der Waals surface area contributed by atoms with Gasteiger partial charge in [-0.2, -0.15) is 0 Å². The molecule has 3 aromatic carbocycles.